The molecule has 11 rings (SSSR count). The van der Waals surface area contributed by atoms with Crippen LogP contribution in [0.3, 0.4) is 0 Å². The van der Waals surface area contributed by atoms with Crippen LogP contribution in [0.4, 0.5) is 0 Å². The fourth-order valence-electron chi connectivity index (χ4n) is 8.33. The third-order valence-electron chi connectivity index (χ3n) is 12.9. The van der Waals surface area contributed by atoms with E-state index in [9.17, 15) is 41.4 Å². The molecule has 0 spiro atoms. The molecular formula is C70H51ClO13S2. The van der Waals surface area contributed by atoms with Gasteiger partial charge in [-0.2, -0.15) is 0 Å². The van der Waals surface area contributed by atoms with Gasteiger partial charge in [-0.1, -0.05) is 78.9 Å². The lowest BCUT2D eigenvalue weighted by Gasteiger charge is -2.10. The second-order valence-corrected chi connectivity index (χ2v) is 23.0. The number of para-hydroxylation sites is 4. The Bertz CT molecular complexity index is 4110. The van der Waals surface area contributed by atoms with Crippen LogP contribution in [0.25, 0.3) is 0 Å². The number of carbonyl (C=O) groups excluding carboxylic acids is 3. The fraction of sp³-hybridized carbons (Fsp3) is 0.0143. The van der Waals surface area contributed by atoms with E-state index in [1.54, 1.807) is 170 Å². The molecule has 0 unspecified atom stereocenters. The number of carbonyl (C=O) groups is 3. The zero-order valence-electron chi connectivity index (χ0n) is 45.6. The van der Waals surface area contributed by atoms with Crippen molar-refractivity contribution in [3.05, 3.63) is 312 Å². The lowest BCUT2D eigenvalue weighted by atomic mass is 10.0. The second kappa shape index (κ2) is 27.7. The van der Waals surface area contributed by atoms with E-state index >= 15 is 0 Å². The molecule has 0 bridgehead atoms. The van der Waals surface area contributed by atoms with E-state index in [-0.39, 0.29) is 53.8 Å². The summed E-state index contributed by atoms with van der Waals surface area (Å²) in [6, 6.07) is 76.0. The molecule has 0 saturated heterocycles. The molecule has 11 aromatic rings. The maximum atomic E-state index is 13.3. The van der Waals surface area contributed by atoms with E-state index in [0.717, 1.165) is 5.56 Å². The summed E-state index contributed by atoms with van der Waals surface area (Å²) in [6.45, 7) is 1.86. The highest BCUT2D eigenvalue weighted by atomic mass is 35.5. The molecule has 0 fully saturated rings. The number of sulfone groups is 2. The van der Waals surface area contributed by atoms with Crippen LogP contribution in [0, 0.1) is 6.92 Å². The minimum atomic E-state index is -3.84. The van der Waals surface area contributed by atoms with Crippen LogP contribution in [-0.4, -0.2) is 43.9 Å². The Morgan fingerprint density at radius 1 is 0.302 bits per heavy atom. The highest BCUT2D eigenvalue weighted by Gasteiger charge is 2.21. The summed E-state index contributed by atoms with van der Waals surface area (Å²) in [6.07, 6.45) is 0. The number of hydrogen-bond acceptors (Lipinski definition) is 13. The molecular weight excluding hydrogens is 1150 g/mol. The summed E-state index contributed by atoms with van der Waals surface area (Å²) >= 11 is 5.27. The Hall–Kier alpha value is -10.6. The van der Waals surface area contributed by atoms with E-state index in [0.29, 0.717) is 62.7 Å². The Labute approximate surface area is 502 Å². The number of phenolic OH excluding ortho intramolecular Hbond substituents is 2. The summed E-state index contributed by atoms with van der Waals surface area (Å²) in [5, 5.41) is 19.5. The van der Waals surface area contributed by atoms with Gasteiger partial charge in [0.2, 0.25) is 19.7 Å². The number of rotatable bonds is 17. The second-order valence-electron chi connectivity index (χ2n) is 18.8. The van der Waals surface area contributed by atoms with Gasteiger partial charge in [0.1, 0.15) is 57.5 Å². The Morgan fingerprint density at radius 2 is 0.535 bits per heavy atom. The number of aryl methyl sites for hydroxylation is 1. The van der Waals surface area contributed by atoms with E-state index in [1.807, 2.05) is 79.7 Å². The number of ketones is 2. The van der Waals surface area contributed by atoms with Gasteiger partial charge in [0.05, 0.1) is 30.7 Å². The Kier molecular flexibility index (Phi) is 19.3. The van der Waals surface area contributed by atoms with Gasteiger partial charge in [0, 0.05) is 16.7 Å². The van der Waals surface area contributed by atoms with Crippen LogP contribution >= 0.6 is 11.6 Å². The maximum Gasteiger partial charge on any atom is 0.252 e. The topological polar surface area (TPSA) is 197 Å². The van der Waals surface area contributed by atoms with Crippen LogP contribution in [0.1, 0.15) is 47.8 Å². The minimum absolute atomic E-state index is 0.0758. The molecule has 0 saturated carbocycles. The number of aromatic hydroxyl groups is 2. The molecule has 0 radical (unpaired) electrons. The summed E-state index contributed by atoms with van der Waals surface area (Å²) in [7, 11) is -7.46. The normalized spacial score (nSPS) is 10.9. The van der Waals surface area contributed by atoms with Crippen molar-refractivity contribution in [2.24, 2.45) is 0 Å². The van der Waals surface area contributed by atoms with Gasteiger partial charge in [-0.25, -0.2) is 16.8 Å². The number of benzene rings is 11. The van der Waals surface area contributed by atoms with Crippen LogP contribution in [0.15, 0.2) is 299 Å². The molecule has 16 heteroatoms. The lowest BCUT2D eigenvalue weighted by molar-refractivity contribution is 0.102. The van der Waals surface area contributed by atoms with Crippen molar-refractivity contribution < 1.29 is 60.4 Å². The van der Waals surface area contributed by atoms with Gasteiger partial charge in [-0.05, 0) is 224 Å². The van der Waals surface area contributed by atoms with Gasteiger partial charge in [-0.15, -0.1) is 0 Å². The Morgan fingerprint density at radius 3 is 0.791 bits per heavy atom. The lowest BCUT2D eigenvalue weighted by Crippen LogP contribution is -2.02. The molecule has 428 valence electrons. The van der Waals surface area contributed by atoms with Crippen LogP contribution in [-0.2, 0) is 19.7 Å². The molecule has 11 aromatic carbocycles. The van der Waals surface area contributed by atoms with Crippen molar-refractivity contribution in [3.63, 3.8) is 0 Å². The quantitative estimate of drug-likeness (QED) is 0.0646. The SMILES string of the molecule is Cc1ccccc1C(=O)Cl.O=C(c1ccc(Oc2ccc(S(=O)(=O)c3ccc(Oc4ccc(C(=O)c5ccccc5O)cc4)cc3)cc2)cc1)c1ccccc1O.O=S(=O)(c1ccc(Oc2ccccc2)cc1)c1ccc(Oc2ccccc2)cc1. The monoisotopic (exact) mass is 1200 g/mol. The summed E-state index contributed by atoms with van der Waals surface area (Å²) < 4.78 is 75.4. The van der Waals surface area contributed by atoms with E-state index in [4.69, 9.17) is 30.5 Å². The van der Waals surface area contributed by atoms with Crippen LogP contribution in [0.5, 0.6) is 57.5 Å². The third kappa shape index (κ3) is 15.3. The van der Waals surface area contributed by atoms with Crippen LogP contribution < -0.4 is 18.9 Å². The summed E-state index contributed by atoms with van der Waals surface area (Å²) in [4.78, 5) is 36.6. The van der Waals surface area contributed by atoms with Crippen molar-refractivity contribution >= 4 is 48.1 Å². The van der Waals surface area contributed by atoms with Gasteiger partial charge in [-0.3, -0.25) is 14.4 Å². The first kappa shape index (κ1) is 60.0. The average Bonchev–Trinajstić information content (AvgIpc) is 3.10. The molecule has 2 N–H and O–H groups in total. The van der Waals surface area contributed by atoms with Crippen molar-refractivity contribution in [2.45, 2.75) is 26.5 Å². The largest absolute Gasteiger partial charge is 0.507 e. The zero-order chi connectivity index (χ0) is 60.6. The molecule has 0 amide bonds. The highest BCUT2D eigenvalue weighted by molar-refractivity contribution is 7.91. The predicted octanol–water partition coefficient (Wildman–Crippen LogP) is 16.5. The van der Waals surface area contributed by atoms with Crippen molar-refractivity contribution in [1.29, 1.82) is 0 Å². The van der Waals surface area contributed by atoms with Crippen molar-refractivity contribution in [2.75, 3.05) is 0 Å². The number of phenols is 2. The molecule has 0 aliphatic rings. The third-order valence-corrected chi connectivity index (χ3v) is 16.6. The molecule has 0 atom stereocenters. The molecule has 13 nitrogen and oxygen atoms in total. The standard InChI is InChI=1S/C38H26O8S.C24H18O4S.C8H7ClO/c39-35-7-3-1-5-33(35)37(41)25-9-13-27(14-10-25)45-29-17-21-31(22-18-29)47(43,44)32-23-19-30(20-24-32)46-28-15-11-26(12-16-28)38(42)34-6-2-4-8-36(34)40;25-29(26,23-15-11-21(12-16-23)27-19-7-3-1-4-8-19)24-17-13-22(14-18-24)28-20-9-5-2-6-10-20;1-6-4-2-3-5-7(6)8(9)10/h1-24,39-40H;1-18H;2-5H,1H3. The van der Waals surface area contributed by atoms with Gasteiger partial charge < -0.3 is 29.2 Å². The number of halogens is 1. The van der Waals surface area contributed by atoms with Crippen molar-refractivity contribution in [1.82, 2.24) is 0 Å². The van der Waals surface area contributed by atoms with Gasteiger partial charge >= 0.3 is 0 Å². The molecule has 86 heavy (non-hydrogen) atoms. The van der Waals surface area contributed by atoms with Gasteiger partial charge in [0.15, 0.2) is 11.6 Å². The van der Waals surface area contributed by atoms with E-state index in [1.165, 1.54) is 36.4 Å². The summed E-state index contributed by atoms with van der Waals surface area (Å²) in [5.41, 5.74) is 2.67. The fourth-order valence-corrected chi connectivity index (χ4v) is 11.1. The highest BCUT2D eigenvalue weighted by Crippen LogP contribution is 2.32. The average molecular weight is 1200 g/mol. The first-order valence-electron chi connectivity index (χ1n) is 26.3. The Balaban J connectivity index is 0.000000190. The maximum absolute atomic E-state index is 13.3. The minimum Gasteiger partial charge on any atom is -0.507 e. The first-order chi connectivity index (χ1) is 41.5. The van der Waals surface area contributed by atoms with Crippen molar-refractivity contribution in [3.8, 4) is 57.5 Å². The molecule has 0 aromatic heterocycles. The number of hydrogen-bond donors (Lipinski definition) is 2. The van der Waals surface area contributed by atoms with E-state index < -0.39 is 24.9 Å². The summed E-state index contributed by atoms with van der Waals surface area (Å²) in [5.74, 6) is 3.39. The first-order valence-corrected chi connectivity index (χ1v) is 29.7. The van der Waals surface area contributed by atoms with Crippen LogP contribution in [0.2, 0.25) is 0 Å². The molecule has 0 aliphatic carbocycles. The molecule has 0 aliphatic heterocycles. The van der Waals surface area contributed by atoms with Gasteiger partial charge in [0.25, 0.3) is 5.24 Å². The predicted molar refractivity (Wildman–Crippen MR) is 327 cm³/mol. The molecule has 0 heterocycles. The van der Waals surface area contributed by atoms with E-state index in [2.05, 4.69) is 0 Å². The number of ether oxygens (including phenoxy) is 4. The smallest absolute Gasteiger partial charge is 0.252 e. The zero-order valence-corrected chi connectivity index (χ0v) is 48.0.